The second-order valence-corrected chi connectivity index (χ2v) is 20.5. The van der Waals surface area contributed by atoms with Crippen LogP contribution in [0.25, 0.3) is 0 Å². The van der Waals surface area contributed by atoms with Gasteiger partial charge in [-0.2, -0.15) is 0 Å². The van der Waals surface area contributed by atoms with Gasteiger partial charge in [-0.05, 0) is 37.0 Å². The summed E-state index contributed by atoms with van der Waals surface area (Å²) in [5, 5.41) is 0. The van der Waals surface area contributed by atoms with E-state index in [1.165, 1.54) is 193 Å². The first-order valence-electron chi connectivity index (χ1n) is 28.2. The summed E-state index contributed by atoms with van der Waals surface area (Å²) in [6.07, 6.45) is 49.5. The van der Waals surface area contributed by atoms with E-state index >= 15 is 0 Å². The third kappa shape index (κ3) is 48.2. The van der Waals surface area contributed by atoms with Crippen molar-refractivity contribution in [3.05, 3.63) is 0 Å². The van der Waals surface area contributed by atoms with E-state index in [1.807, 2.05) is 0 Å². The maximum Gasteiger partial charge on any atom is 0.306 e. The minimum absolute atomic E-state index is 0.0646. The first-order valence-corrected chi connectivity index (χ1v) is 28.2. The first kappa shape index (κ1) is 61.4. The maximum atomic E-state index is 12.8. The van der Waals surface area contributed by atoms with Gasteiger partial charge in [-0.15, -0.1) is 0 Å². The topological polar surface area (TPSA) is 78.9 Å². The molecule has 0 N–H and O–H groups in total. The molecular weight excluding hydrogens is 781 g/mol. The summed E-state index contributed by atoms with van der Waals surface area (Å²) >= 11 is 0. The van der Waals surface area contributed by atoms with Crippen LogP contribution in [0.5, 0.6) is 0 Å². The van der Waals surface area contributed by atoms with Crippen LogP contribution in [0.15, 0.2) is 0 Å². The van der Waals surface area contributed by atoms with Crippen molar-refractivity contribution in [3.63, 3.8) is 0 Å². The molecule has 0 aromatic rings. The molecule has 6 heteroatoms. The van der Waals surface area contributed by atoms with E-state index in [0.717, 1.165) is 75.5 Å². The Hall–Kier alpha value is -1.59. The first-order chi connectivity index (χ1) is 30.7. The molecule has 0 amide bonds. The molecule has 0 rings (SSSR count). The normalized spacial score (nSPS) is 13.0. The Morgan fingerprint density at radius 3 is 0.825 bits per heavy atom. The molecule has 3 atom stereocenters. The summed E-state index contributed by atoms with van der Waals surface area (Å²) in [5.41, 5.74) is 0. The molecule has 0 bridgehead atoms. The SMILES string of the molecule is CCC(C)CCCCCCCCCCC(=O)OC[C@H](COC(=O)CCCCCCCCCCCCCCCCCCCCC(C)C)OC(=O)CCCCCCCCCCC(C)CC. The van der Waals surface area contributed by atoms with Crippen molar-refractivity contribution in [3.8, 4) is 0 Å². The highest BCUT2D eigenvalue weighted by atomic mass is 16.6. The second-order valence-electron chi connectivity index (χ2n) is 20.5. The number of carbonyl (C=O) groups is 3. The third-order valence-electron chi connectivity index (χ3n) is 13.6. The van der Waals surface area contributed by atoms with Crippen LogP contribution in [0.1, 0.15) is 311 Å². The highest BCUT2D eigenvalue weighted by molar-refractivity contribution is 5.71. The molecule has 0 heterocycles. The van der Waals surface area contributed by atoms with Gasteiger partial charge in [-0.25, -0.2) is 0 Å². The molecule has 0 aliphatic carbocycles. The standard InChI is InChI=1S/C57H110O6/c1-7-52(5)44-38-32-26-21-23-29-35-41-47-56(59)62-50-54(63-57(60)48-42-36-30-24-22-27-33-39-45-53(6)8-2)49-61-55(58)46-40-34-28-20-18-16-14-12-10-9-11-13-15-17-19-25-31-37-43-51(3)4/h51-54H,7-50H2,1-6H3/t52?,53?,54-/m0/s1. The van der Waals surface area contributed by atoms with Gasteiger partial charge < -0.3 is 14.2 Å². The Balaban J connectivity index is 4.23. The predicted octanol–water partition coefficient (Wildman–Crippen LogP) is 18.3. The summed E-state index contributed by atoms with van der Waals surface area (Å²) in [7, 11) is 0. The Bertz CT molecular complexity index is 980. The fraction of sp³-hybridized carbons (Fsp3) is 0.947. The minimum atomic E-state index is -0.764. The van der Waals surface area contributed by atoms with Gasteiger partial charge in [0.1, 0.15) is 13.2 Å². The van der Waals surface area contributed by atoms with E-state index in [2.05, 4.69) is 41.5 Å². The van der Waals surface area contributed by atoms with Crippen molar-refractivity contribution in [1.29, 1.82) is 0 Å². The average molecular weight is 892 g/mol. The molecule has 0 saturated carbocycles. The number of ether oxygens (including phenoxy) is 3. The molecule has 63 heavy (non-hydrogen) atoms. The molecule has 374 valence electrons. The number of esters is 3. The van der Waals surface area contributed by atoms with Crippen molar-refractivity contribution in [1.82, 2.24) is 0 Å². The number of unbranched alkanes of at least 4 members (excludes halogenated alkanes) is 31. The van der Waals surface area contributed by atoms with Crippen LogP contribution in [-0.2, 0) is 28.6 Å². The Morgan fingerprint density at radius 1 is 0.317 bits per heavy atom. The fourth-order valence-electron chi connectivity index (χ4n) is 8.58. The van der Waals surface area contributed by atoms with E-state index in [9.17, 15) is 14.4 Å². The lowest BCUT2D eigenvalue weighted by Crippen LogP contribution is -2.30. The molecule has 0 aliphatic rings. The van der Waals surface area contributed by atoms with Crippen LogP contribution in [-0.4, -0.2) is 37.2 Å². The second kappa shape index (κ2) is 48.3. The zero-order chi connectivity index (χ0) is 46.3. The van der Waals surface area contributed by atoms with E-state index in [1.54, 1.807) is 0 Å². The smallest absolute Gasteiger partial charge is 0.306 e. The van der Waals surface area contributed by atoms with Gasteiger partial charge >= 0.3 is 17.9 Å². The zero-order valence-electron chi connectivity index (χ0n) is 43.4. The van der Waals surface area contributed by atoms with Crippen LogP contribution in [0.2, 0.25) is 0 Å². The Morgan fingerprint density at radius 2 is 0.556 bits per heavy atom. The largest absolute Gasteiger partial charge is 0.462 e. The Kier molecular flexibility index (Phi) is 47.1. The van der Waals surface area contributed by atoms with Crippen molar-refractivity contribution < 1.29 is 28.6 Å². The van der Waals surface area contributed by atoms with Crippen molar-refractivity contribution in [2.45, 2.75) is 317 Å². The number of hydrogen-bond donors (Lipinski definition) is 0. The van der Waals surface area contributed by atoms with Crippen LogP contribution in [0, 0.1) is 17.8 Å². The molecule has 2 unspecified atom stereocenters. The molecular formula is C57H110O6. The van der Waals surface area contributed by atoms with Gasteiger partial charge in [0, 0.05) is 19.3 Å². The van der Waals surface area contributed by atoms with E-state index in [-0.39, 0.29) is 31.1 Å². The predicted molar refractivity (Wildman–Crippen MR) is 270 cm³/mol. The third-order valence-corrected chi connectivity index (χ3v) is 13.6. The number of rotatable bonds is 50. The van der Waals surface area contributed by atoms with Gasteiger partial charge in [-0.1, -0.05) is 273 Å². The van der Waals surface area contributed by atoms with E-state index < -0.39 is 6.10 Å². The van der Waals surface area contributed by atoms with Gasteiger partial charge in [0.25, 0.3) is 0 Å². The van der Waals surface area contributed by atoms with E-state index in [4.69, 9.17) is 14.2 Å². The molecule has 0 aliphatic heterocycles. The number of carbonyl (C=O) groups excluding carboxylic acids is 3. The lowest BCUT2D eigenvalue weighted by atomic mass is 9.99. The average Bonchev–Trinajstić information content (AvgIpc) is 3.27. The van der Waals surface area contributed by atoms with Crippen LogP contribution >= 0.6 is 0 Å². The summed E-state index contributed by atoms with van der Waals surface area (Å²) in [5.74, 6) is 1.70. The molecule has 0 aromatic heterocycles. The Labute approximate surface area is 393 Å². The molecule has 0 saturated heterocycles. The molecule has 0 aromatic carbocycles. The molecule has 0 fully saturated rings. The maximum absolute atomic E-state index is 12.8. The monoisotopic (exact) mass is 891 g/mol. The van der Waals surface area contributed by atoms with Gasteiger partial charge in [0.05, 0.1) is 0 Å². The molecule has 0 spiro atoms. The summed E-state index contributed by atoms with van der Waals surface area (Å²) < 4.78 is 16.8. The lowest BCUT2D eigenvalue weighted by molar-refractivity contribution is -0.167. The molecule has 6 nitrogen and oxygen atoms in total. The summed E-state index contributed by atoms with van der Waals surface area (Å²) in [6, 6.07) is 0. The van der Waals surface area contributed by atoms with Crippen LogP contribution in [0.3, 0.4) is 0 Å². The van der Waals surface area contributed by atoms with Crippen molar-refractivity contribution in [2.24, 2.45) is 17.8 Å². The lowest BCUT2D eigenvalue weighted by Gasteiger charge is -2.18. The minimum Gasteiger partial charge on any atom is -0.462 e. The van der Waals surface area contributed by atoms with Crippen LogP contribution < -0.4 is 0 Å². The quantitative estimate of drug-likeness (QED) is 0.0344. The van der Waals surface area contributed by atoms with Crippen LogP contribution in [0.4, 0.5) is 0 Å². The van der Waals surface area contributed by atoms with Gasteiger partial charge in [0.2, 0.25) is 0 Å². The van der Waals surface area contributed by atoms with Crippen molar-refractivity contribution in [2.75, 3.05) is 13.2 Å². The van der Waals surface area contributed by atoms with Crippen molar-refractivity contribution >= 4 is 17.9 Å². The van der Waals surface area contributed by atoms with Gasteiger partial charge in [-0.3, -0.25) is 14.4 Å². The molecule has 0 radical (unpaired) electrons. The highest BCUT2D eigenvalue weighted by Crippen LogP contribution is 2.19. The zero-order valence-corrected chi connectivity index (χ0v) is 43.4. The fourth-order valence-corrected chi connectivity index (χ4v) is 8.58. The summed E-state index contributed by atoms with van der Waals surface area (Å²) in [6.45, 7) is 13.8. The van der Waals surface area contributed by atoms with E-state index in [0.29, 0.717) is 19.3 Å². The van der Waals surface area contributed by atoms with Gasteiger partial charge in [0.15, 0.2) is 6.10 Å². The number of hydrogen-bond acceptors (Lipinski definition) is 6. The highest BCUT2D eigenvalue weighted by Gasteiger charge is 2.19. The summed E-state index contributed by atoms with van der Waals surface area (Å²) in [4.78, 5) is 38.0.